The van der Waals surface area contributed by atoms with E-state index in [2.05, 4.69) is 10.3 Å². The topological polar surface area (TPSA) is 51.2 Å². The van der Waals surface area contributed by atoms with Crippen LogP contribution in [0.2, 0.25) is 0 Å². The Morgan fingerprint density at radius 1 is 1.04 bits per heavy atom. The molecule has 0 saturated heterocycles. The Kier molecular flexibility index (Phi) is 5.64. The van der Waals surface area contributed by atoms with Gasteiger partial charge in [0.1, 0.15) is 12.4 Å². The first-order valence-corrected chi connectivity index (χ1v) is 8.59. The van der Waals surface area contributed by atoms with Crippen molar-refractivity contribution < 1.29 is 9.53 Å². The average Bonchev–Trinajstić information content (AvgIpc) is 2.67. The fourth-order valence-corrected chi connectivity index (χ4v) is 2.64. The number of aryl methyl sites for hydroxylation is 2. The van der Waals surface area contributed by atoms with Gasteiger partial charge in [0.2, 0.25) is 0 Å². The highest BCUT2D eigenvalue weighted by Gasteiger charge is 2.09. The number of carbonyl (C=O) groups excluding carboxylic acids is 1. The van der Waals surface area contributed by atoms with Crippen LogP contribution in [0, 0.1) is 13.8 Å². The summed E-state index contributed by atoms with van der Waals surface area (Å²) in [6.45, 7) is 4.80. The average molecular weight is 346 g/mol. The number of ether oxygens (including phenoxy) is 1. The summed E-state index contributed by atoms with van der Waals surface area (Å²) < 4.78 is 5.78. The van der Waals surface area contributed by atoms with Crippen molar-refractivity contribution in [3.8, 4) is 5.75 Å². The van der Waals surface area contributed by atoms with E-state index in [1.54, 1.807) is 6.20 Å². The monoisotopic (exact) mass is 346 g/mol. The first-order valence-electron chi connectivity index (χ1n) is 8.59. The molecule has 2 aromatic carbocycles. The van der Waals surface area contributed by atoms with Crippen molar-refractivity contribution in [2.24, 2.45) is 0 Å². The summed E-state index contributed by atoms with van der Waals surface area (Å²) >= 11 is 0. The maximum Gasteiger partial charge on any atom is 0.251 e. The predicted molar refractivity (Wildman–Crippen MR) is 102 cm³/mol. The van der Waals surface area contributed by atoms with Crippen molar-refractivity contribution >= 4 is 5.91 Å². The molecular weight excluding hydrogens is 324 g/mol. The Morgan fingerprint density at radius 3 is 2.73 bits per heavy atom. The highest BCUT2D eigenvalue weighted by atomic mass is 16.5. The van der Waals surface area contributed by atoms with E-state index in [1.807, 2.05) is 74.5 Å². The Balaban J connectivity index is 1.60. The van der Waals surface area contributed by atoms with Crippen LogP contribution in [0.25, 0.3) is 0 Å². The summed E-state index contributed by atoms with van der Waals surface area (Å²) in [5, 5.41) is 2.98. The van der Waals surface area contributed by atoms with Gasteiger partial charge in [-0.3, -0.25) is 9.78 Å². The van der Waals surface area contributed by atoms with E-state index in [9.17, 15) is 4.79 Å². The van der Waals surface area contributed by atoms with Crippen LogP contribution in [0.15, 0.2) is 66.9 Å². The van der Waals surface area contributed by atoms with Gasteiger partial charge in [-0.25, -0.2) is 0 Å². The molecule has 0 aliphatic rings. The van der Waals surface area contributed by atoms with Crippen LogP contribution in [-0.4, -0.2) is 10.9 Å². The van der Waals surface area contributed by atoms with Crippen LogP contribution < -0.4 is 10.1 Å². The van der Waals surface area contributed by atoms with E-state index >= 15 is 0 Å². The molecule has 0 atom stereocenters. The molecule has 1 amide bonds. The number of hydrogen-bond acceptors (Lipinski definition) is 3. The molecule has 3 rings (SSSR count). The van der Waals surface area contributed by atoms with E-state index in [0.717, 1.165) is 28.1 Å². The largest absolute Gasteiger partial charge is 0.487 e. The Hall–Kier alpha value is -3.14. The molecule has 0 spiro atoms. The number of hydrogen-bond donors (Lipinski definition) is 1. The molecule has 0 unspecified atom stereocenters. The van der Waals surface area contributed by atoms with Crippen molar-refractivity contribution in [1.82, 2.24) is 10.3 Å². The zero-order valence-corrected chi connectivity index (χ0v) is 15.0. The molecule has 132 valence electrons. The second-order valence-electron chi connectivity index (χ2n) is 6.26. The minimum absolute atomic E-state index is 0.0639. The van der Waals surface area contributed by atoms with Gasteiger partial charge >= 0.3 is 0 Å². The minimum Gasteiger partial charge on any atom is -0.487 e. The minimum atomic E-state index is -0.0639. The summed E-state index contributed by atoms with van der Waals surface area (Å²) in [4.78, 5) is 16.7. The SMILES string of the molecule is Cc1ccc(C)c(C(=O)NCc2cccc(OCc3ccccn3)c2)c1. The smallest absolute Gasteiger partial charge is 0.251 e. The van der Waals surface area contributed by atoms with Gasteiger partial charge in [-0.15, -0.1) is 0 Å². The lowest BCUT2D eigenvalue weighted by molar-refractivity contribution is 0.0950. The third-order valence-corrected chi connectivity index (χ3v) is 4.10. The van der Waals surface area contributed by atoms with E-state index in [0.29, 0.717) is 18.7 Å². The number of pyridine rings is 1. The van der Waals surface area contributed by atoms with Gasteiger partial charge in [-0.2, -0.15) is 0 Å². The van der Waals surface area contributed by atoms with Crippen molar-refractivity contribution in [3.05, 3.63) is 94.8 Å². The molecule has 0 aliphatic heterocycles. The third kappa shape index (κ3) is 4.70. The molecule has 0 saturated carbocycles. The molecule has 1 aromatic heterocycles. The molecule has 3 aromatic rings. The molecule has 0 fully saturated rings. The number of carbonyl (C=O) groups is 1. The number of amides is 1. The van der Waals surface area contributed by atoms with E-state index in [4.69, 9.17) is 4.74 Å². The number of benzene rings is 2. The van der Waals surface area contributed by atoms with Crippen molar-refractivity contribution in [3.63, 3.8) is 0 Å². The first kappa shape index (κ1) is 17.7. The van der Waals surface area contributed by atoms with E-state index in [1.165, 1.54) is 0 Å². The van der Waals surface area contributed by atoms with Crippen LogP contribution in [-0.2, 0) is 13.2 Å². The molecule has 26 heavy (non-hydrogen) atoms. The maximum atomic E-state index is 12.4. The quantitative estimate of drug-likeness (QED) is 0.727. The predicted octanol–water partition coefficient (Wildman–Crippen LogP) is 4.21. The fraction of sp³-hybridized carbons (Fsp3) is 0.182. The van der Waals surface area contributed by atoms with Crippen LogP contribution in [0.1, 0.15) is 32.7 Å². The van der Waals surface area contributed by atoms with Gasteiger partial charge < -0.3 is 10.1 Å². The maximum absolute atomic E-state index is 12.4. The standard InChI is InChI=1S/C22H22N2O2/c1-16-9-10-17(2)21(12-16)22(25)24-14-18-6-5-8-20(13-18)26-15-19-7-3-4-11-23-19/h3-13H,14-15H2,1-2H3,(H,24,25). The summed E-state index contributed by atoms with van der Waals surface area (Å²) in [6.07, 6.45) is 1.75. The van der Waals surface area contributed by atoms with Gasteiger partial charge in [0.05, 0.1) is 5.69 Å². The van der Waals surface area contributed by atoms with Crippen molar-refractivity contribution in [2.75, 3.05) is 0 Å². The second-order valence-corrected chi connectivity index (χ2v) is 6.26. The van der Waals surface area contributed by atoms with E-state index < -0.39 is 0 Å². The van der Waals surface area contributed by atoms with E-state index in [-0.39, 0.29) is 5.91 Å². The van der Waals surface area contributed by atoms with Crippen molar-refractivity contribution in [1.29, 1.82) is 0 Å². The molecule has 1 N–H and O–H groups in total. The lowest BCUT2D eigenvalue weighted by Crippen LogP contribution is -2.23. The fourth-order valence-electron chi connectivity index (χ4n) is 2.64. The van der Waals surface area contributed by atoms with Crippen LogP contribution >= 0.6 is 0 Å². The van der Waals surface area contributed by atoms with Gasteiger partial charge in [0, 0.05) is 18.3 Å². The first-order chi connectivity index (χ1) is 12.6. The molecule has 0 bridgehead atoms. The summed E-state index contributed by atoms with van der Waals surface area (Å²) in [7, 11) is 0. The summed E-state index contributed by atoms with van der Waals surface area (Å²) in [6, 6.07) is 19.4. The number of aromatic nitrogens is 1. The van der Waals surface area contributed by atoms with Crippen LogP contribution in [0.5, 0.6) is 5.75 Å². The molecule has 1 heterocycles. The lowest BCUT2D eigenvalue weighted by atomic mass is 10.0. The highest BCUT2D eigenvalue weighted by Crippen LogP contribution is 2.15. The number of nitrogens with zero attached hydrogens (tertiary/aromatic N) is 1. The highest BCUT2D eigenvalue weighted by molar-refractivity contribution is 5.95. The van der Waals surface area contributed by atoms with Gasteiger partial charge in [-0.1, -0.05) is 35.9 Å². The molecule has 0 aliphatic carbocycles. The molecule has 0 radical (unpaired) electrons. The Labute approximate surface area is 153 Å². The second kappa shape index (κ2) is 8.30. The summed E-state index contributed by atoms with van der Waals surface area (Å²) in [5.41, 5.74) is 4.63. The van der Waals surface area contributed by atoms with Gasteiger partial charge in [0.25, 0.3) is 5.91 Å². The zero-order chi connectivity index (χ0) is 18.4. The van der Waals surface area contributed by atoms with Gasteiger partial charge in [0.15, 0.2) is 0 Å². The van der Waals surface area contributed by atoms with Crippen molar-refractivity contribution in [2.45, 2.75) is 27.0 Å². The summed E-state index contributed by atoms with van der Waals surface area (Å²) in [5.74, 6) is 0.695. The Morgan fingerprint density at radius 2 is 1.92 bits per heavy atom. The van der Waals surface area contributed by atoms with Crippen LogP contribution in [0.4, 0.5) is 0 Å². The molecule has 4 heteroatoms. The number of rotatable bonds is 6. The third-order valence-electron chi connectivity index (χ3n) is 4.10. The van der Waals surface area contributed by atoms with Crippen LogP contribution in [0.3, 0.4) is 0 Å². The lowest BCUT2D eigenvalue weighted by Gasteiger charge is -2.10. The zero-order valence-electron chi connectivity index (χ0n) is 15.0. The Bertz CT molecular complexity index is 892. The molecule has 4 nitrogen and oxygen atoms in total. The normalized spacial score (nSPS) is 10.4. The number of nitrogens with one attached hydrogen (secondary N) is 1. The van der Waals surface area contributed by atoms with Gasteiger partial charge in [-0.05, 0) is 55.3 Å². The molecular formula is C22H22N2O2.